The molecule has 13 heavy (non-hydrogen) atoms. The van der Waals surface area contributed by atoms with Crippen LogP contribution in [0, 0.1) is 11.3 Å². The van der Waals surface area contributed by atoms with Crippen LogP contribution in [0.1, 0.15) is 13.8 Å². The van der Waals surface area contributed by atoms with Gasteiger partial charge in [0.2, 0.25) is 0 Å². The Labute approximate surface area is 78.0 Å². The van der Waals surface area contributed by atoms with Gasteiger partial charge in [-0.25, -0.2) is 4.99 Å². The van der Waals surface area contributed by atoms with E-state index in [1.165, 1.54) is 11.9 Å². The van der Waals surface area contributed by atoms with Crippen LogP contribution in [0.4, 0.5) is 0 Å². The molecule has 0 aromatic heterocycles. The predicted octanol–water partition coefficient (Wildman–Crippen LogP) is 1.79. The van der Waals surface area contributed by atoms with E-state index < -0.39 is 0 Å². The number of hydrogen-bond donors (Lipinski definition) is 1. The molecular weight excluding hydrogens is 162 g/mol. The van der Waals surface area contributed by atoms with Crippen molar-refractivity contribution in [1.82, 2.24) is 4.90 Å². The van der Waals surface area contributed by atoms with E-state index in [4.69, 9.17) is 5.41 Å². The van der Waals surface area contributed by atoms with Crippen molar-refractivity contribution in [1.29, 1.82) is 5.41 Å². The van der Waals surface area contributed by atoms with Crippen LogP contribution < -0.4 is 0 Å². The average Bonchev–Trinajstić information content (AvgIpc) is 2.26. The van der Waals surface area contributed by atoms with Gasteiger partial charge in [0.1, 0.15) is 0 Å². The molecule has 0 amide bonds. The predicted molar refractivity (Wildman–Crippen MR) is 53.9 cm³/mol. The van der Waals surface area contributed by atoms with E-state index in [0.29, 0.717) is 5.92 Å². The Kier molecular flexibility index (Phi) is 1.62. The highest BCUT2D eigenvalue weighted by molar-refractivity contribution is 5.78. The van der Waals surface area contributed by atoms with E-state index in [-0.39, 0.29) is 5.54 Å². The van der Waals surface area contributed by atoms with E-state index in [1.54, 1.807) is 12.5 Å². The molecule has 1 aliphatic carbocycles. The zero-order valence-corrected chi connectivity index (χ0v) is 7.86. The second kappa shape index (κ2) is 2.55. The van der Waals surface area contributed by atoms with Crippen molar-refractivity contribution >= 4 is 12.7 Å². The number of fused-ring (bicyclic) bond motifs is 1. The second-order valence-electron chi connectivity index (χ2n) is 3.67. The number of aliphatic imine (C=N–C) groups is 1. The highest BCUT2D eigenvalue weighted by Gasteiger charge is 2.44. The fourth-order valence-electron chi connectivity index (χ4n) is 1.90. The summed E-state index contributed by atoms with van der Waals surface area (Å²) in [5.74, 6) is 0.471. The minimum atomic E-state index is -0.0573. The number of hydrogen-bond acceptors (Lipinski definition) is 2. The lowest BCUT2D eigenvalue weighted by Gasteiger charge is -2.48. The minimum absolute atomic E-state index is 0.0573. The van der Waals surface area contributed by atoms with Gasteiger partial charge in [-0.15, -0.1) is 0 Å². The first kappa shape index (κ1) is 8.23. The van der Waals surface area contributed by atoms with Gasteiger partial charge < -0.3 is 4.90 Å². The summed E-state index contributed by atoms with van der Waals surface area (Å²) in [6, 6.07) is 0. The van der Waals surface area contributed by atoms with Gasteiger partial charge >= 0.3 is 0 Å². The first-order valence-corrected chi connectivity index (χ1v) is 4.41. The summed E-state index contributed by atoms with van der Waals surface area (Å²) >= 11 is 0. The Morgan fingerprint density at radius 2 is 2.46 bits per heavy atom. The lowest BCUT2D eigenvalue weighted by molar-refractivity contribution is 0.246. The lowest BCUT2D eigenvalue weighted by atomic mass is 9.69. The third-order valence-electron chi connectivity index (χ3n) is 3.11. The van der Waals surface area contributed by atoms with Crippen molar-refractivity contribution in [2.45, 2.75) is 19.4 Å². The Morgan fingerprint density at radius 3 is 3.08 bits per heavy atom. The molecular formula is C10H13N3. The van der Waals surface area contributed by atoms with E-state index >= 15 is 0 Å². The highest BCUT2D eigenvalue weighted by atomic mass is 15.2. The van der Waals surface area contributed by atoms with Gasteiger partial charge in [-0.3, -0.25) is 5.41 Å². The monoisotopic (exact) mass is 175 g/mol. The standard InChI is InChI=1S/C10H13N3/c1-8-5-9-3-4-12-7-13(6-11)10(8,9)2/h3-8,11H,1-2H3. The molecule has 0 spiro atoms. The summed E-state index contributed by atoms with van der Waals surface area (Å²) in [5, 5.41) is 7.32. The number of nitrogens with zero attached hydrogens (tertiary/aromatic N) is 2. The number of rotatable bonds is 1. The average molecular weight is 175 g/mol. The van der Waals surface area contributed by atoms with Crippen LogP contribution in [0.2, 0.25) is 0 Å². The molecule has 1 N–H and O–H groups in total. The topological polar surface area (TPSA) is 39.5 Å². The van der Waals surface area contributed by atoms with Gasteiger partial charge in [0, 0.05) is 12.1 Å². The Bertz CT molecular complexity index is 327. The van der Waals surface area contributed by atoms with Crippen LogP contribution in [-0.2, 0) is 0 Å². The first-order valence-electron chi connectivity index (χ1n) is 4.41. The number of nitrogens with one attached hydrogen (secondary N) is 1. The molecule has 2 rings (SSSR count). The smallest absolute Gasteiger partial charge is 0.0964 e. The normalized spacial score (nSPS) is 36.0. The molecule has 2 aliphatic rings. The summed E-state index contributed by atoms with van der Waals surface area (Å²) in [6.45, 7) is 4.30. The van der Waals surface area contributed by atoms with Crippen LogP contribution in [-0.4, -0.2) is 23.1 Å². The highest BCUT2D eigenvalue weighted by Crippen LogP contribution is 2.42. The second-order valence-corrected chi connectivity index (χ2v) is 3.67. The van der Waals surface area contributed by atoms with E-state index in [1.807, 2.05) is 11.0 Å². The molecule has 0 bridgehead atoms. The van der Waals surface area contributed by atoms with Crippen LogP contribution in [0.25, 0.3) is 0 Å². The quantitative estimate of drug-likeness (QED) is 0.479. The molecule has 1 heterocycles. The fourth-order valence-corrected chi connectivity index (χ4v) is 1.90. The van der Waals surface area contributed by atoms with Crippen molar-refractivity contribution in [3.05, 3.63) is 23.9 Å². The van der Waals surface area contributed by atoms with Crippen LogP contribution in [0.5, 0.6) is 0 Å². The molecule has 0 saturated carbocycles. The molecule has 68 valence electrons. The lowest BCUT2D eigenvalue weighted by Crippen LogP contribution is -2.54. The molecule has 0 aromatic carbocycles. The third kappa shape index (κ3) is 0.899. The van der Waals surface area contributed by atoms with Gasteiger partial charge in [-0.2, -0.15) is 0 Å². The minimum Gasteiger partial charge on any atom is -0.313 e. The van der Waals surface area contributed by atoms with Crippen LogP contribution in [0.3, 0.4) is 0 Å². The Balaban J connectivity index is 2.44. The molecule has 2 atom stereocenters. The zero-order chi connectivity index (χ0) is 9.47. The van der Waals surface area contributed by atoms with Crippen molar-refractivity contribution in [2.75, 3.05) is 0 Å². The molecule has 3 nitrogen and oxygen atoms in total. The van der Waals surface area contributed by atoms with Crippen molar-refractivity contribution in [3.63, 3.8) is 0 Å². The van der Waals surface area contributed by atoms with E-state index in [0.717, 1.165) is 0 Å². The van der Waals surface area contributed by atoms with Crippen molar-refractivity contribution in [3.8, 4) is 0 Å². The molecule has 2 unspecified atom stereocenters. The zero-order valence-electron chi connectivity index (χ0n) is 7.86. The maximum atomic E-state index is 7.32. The SMILES string of the molecule is CC1C=C2C=CN=CN(C=N)C21C. The molecule has 0 aromatic rings. The van der Waals surface area contributed by atoms with Gasteiger partial charge in [0.15, 0.2) is 0 Å². The van der Waals surface area contributed by atoms with Gasteiger partial charge in [-0.1, -0.05) is 13.0 Å². The summed E-state index contributed by atoms with van der Waals surface area (Å²) in [4.78, 5) is 5.93. The molecule has 0 fully saturated rings. The molecule has 3 heteroatoms. The van der Waals surface area contributed by atoms with Crippen LogP contribution >= 0.6 is 0 Å². The van der Waals surface area contributed by atoms with E-state index in [9.17, 15) is 0 Å². The molecule has 0 radical (unpaired) electrons. The Hall–Kier alpha value is -1.38. The van der Waals surface area contributed by atoms with Gasteiger partial charge in [-0.05, 0) is 18.6 Å². The van der Waals surface area contributed by atoms with Gasteiger partial charge in [0.05, 0.1) is 18.2 Å². The summed E-state index contributed by atoms with van der Waals surface area (Å²) < 4.78 is 0. The molecule has 0 saturated heterocycles. The first-order chi connectivity index (χ1) is 6.19. The van der Waals surface area contributed by atoms with Crippen LogP contribution in [0.15, 0.2) is 28.9 Å². The van der Waals surface area contributed by atoms with Crippen molar-refractivity contribution < 1.29 is 0 Å². The van der Waals surface area contributed by atoms with E-state index in [2.05, 4.69) is 24.9 Å². The molecule has 1 aliphatic heterocycles. The summed E-state index contributed by atoms with van der Waals surface area (Å²) in [6.07, 6.45) is 9.04. The maximum Gasteiger partial charge on any atom is 0.0964 e. The largest absolute Gasteiger partial charge is 0.313 e. The summed E-state index contributed by atoms with van der Waals surface area (Å²) in [7, 11) is 0. The van der Waals surface area contributed by atoms with Crippen molar-refractivity contribution in [2.24, 2.45) is 10.9 Å². The Morgan fingerprint density at radius 1 is 1.69 bits per heavy atom. The van der Waals surface area contributed by atoms with Gasteiger partial charge in [0.25, 0.3) is 0 Å². The maximum absolute atomic E-state index is 7.32. The third-order valence-corrected chi connectivity index (χ3v) is 3.11. The fraction of sp³-hybridized carbons (Fsp3) is 0.400. The summed E-state index contributed by atoms with van der Waals surface area (Å²) in [5.41, 5.74) is 1.19.